The zero-order valence-electron chi connectivity index (χ0n) is 10.3. The van der Waals surface area contributed by atoms with Crippen molar-refractivity contribution in [3.63, 3.8) is 0 Å². The number of aromatic nitrogens is 1. The van der Waals surface area contributed by atoms with Gasteiger partial charge in [-0.2, -0.15) is 0 Å². The van der Waals surface area contributed by atoms with Gasteiger partial charge in [0.05, 0.1) is 18.9 Å². The summed E-state index contributed by atoms with van der Waals surface area (Å²) in [6, 6.07) is 0. The van der Waals surface area contributed by atoms with Gasteiger partial charge in [0.25, 0.3) is 5.91 Å². The largest absolute Gasteiger partial charge is 0.395 e. The number of nitrogens with zero attached hydrogens (tertiary/aromatic N) is 2. The molecule has 8 heteroatoms. The Morgan fingerprint density at radius 2 is 2.44 bits per heavy atom. The molecule has 7 nitrogen and oxygen atoms in total. The summed E-state index contributed by atoms with van der Waals surface area (Å²) in [6.07, 6.45) is 0. The second-order valence-electron chi connectivity index (χ2n) is 3.61. The number of rotatable bonds is 8. The minimum Gasteiger partial charge on any atom is -0.395 e. The summed E-state index contributed by atoms with van der Waals surface area (Å²) >= 11 is 1.24. The van der Waals surface area contributed by atoms with Gasteiger partial charge in [-0.05, 0) is 0 Å². The smallest absolute Gasteiger partial charge is 0.294 e. The second kappa shape index (κ2) is 8.11. The van der Waals surface area contributed by atoms with Gasteiger partial charge in [-0.25, -0.2) is 10.8 Å². The van der Waals surface area contributed by atoms with Gasteiger partial charge in [0.15, 0.2) is 5.01 Å². The normalized spacial score (nSPS) is 10.9. The standard InChI is InChI=1S/C10H18N4O3S/c1-17-5-3-14(2-4-15)6-8-7-18-10(12-8)9(16)13-11/h7,15H,2-6,11H2,1H3,(H,13,16). The summed E-state index contributed by atoms with van der Waals surface area (Å²) < 4.78 is 5.00. The number of thiazole rings is 1. The lowest BCUT2D eigenvalue weighted by molar-refractivity contribution is 0.0952. The summed E-state index contributed by atoms with van der Waals surface area (Å²) in [6.45, 7) is 2.47. The number of hydrazine groups is 1. The molecule has 1 heterocycles. The molecule has 0 aromatic carbocycles. The first-order chi connectivity index (χ1) is 8.71. The highest BCUT2D eigenvalue weighted by Gasteiger charge is 2.12. The van der Waals surface area contributed by atoms with Gasteiger partial charge >= 0.3 is 0 Å². The van der Waals surface area contributed by atoms with Crippen molar-refractivity contribution < 1.29 is 14.6 Å². The van der Waals surface area contributed by atoms with E-state index in [4.69, 9.17) is 15.7 Å². The van der Waals surface area contributed by atoms with Crippen molar-refractivity contribution in [3.8, 4) is 0 Å². The Labute approximate surface area is 110 Å². The van der Waals surface area contributed by atoms with E-state index in [0.717, 1.165) is 5.69 Å². The number of aliphatic hydroxyl groups is 1. The van der Waals surface area contributed by atoms with Crippen LogP contribution >= 0.6 is 11.3 Å². The lowest BCUT2D eigenvalue weighted by Gasteiger charge is -2.19. The van der Waals surface area contributed by atoms with E-state index >= 15 is 0 Å². The lowest BCUT2D eigenvalue weighted by Crippen LogP contribution is -2.31. The highest BCUT2D eigenvalue weighted by atomic mass is 32.1. The third-order valence-electron chi connectivity index (χ3n) is 2.29. The van der Waals surface area contributed by atoms with Gasteiger partial charge in [0.1, 0.15) is 0 Å². The first-order valence-corrected chi connectivity index (χ1v) is 6.36. The van der Waals surface area contributed by atoms with Crippen LogP contribution in [-0.4, -0.2) is 54.3 Å². The minimum atomic E-state index is -0.392. The van der Waals surface area contributed by atoms with Crippen molar-refractivity contribution in [1.82, 2.24) is 15.3 Å². The summed E-state index contributed by atoms with van der Waals surface area (Å²) in [7, 11) is 1.63. The van der Waals surface area contributed by atoms with Crippen LogP contribution in [-0.2, 0) is 11.3 Å². The zero-order valence-corrected chi connectivity index (χ0v) is 11.1. The molecule has 1 aromatic rings. The highest BCUT2D eigenvalue weighted by molar-refractivity contribution is 7.11. The average molecular weight is 274 g/mol. The Hall–Kier alpha value is -1.06. The predicted molar refractivity (Wildman–Crippen MR) is 68.0 cm³/mol. The summed E-state index contributed by atoms with van der Waals surface area (Å²) in [5.74, 6) is 4.64. The van der Waals surface area contributed by atoms with Gasteiger partial charge in [-0.1, -0.05) is 0 Å². The molecular formula is C10H18N4O3S. The fourth-order valence-corrected chi connectivity index (χ4v) is 2.12. The fraction of sp³-hybridized carbons (Fsp3) is 0.600. The van der Waals surface area contributed by atoms with E-state index in [1.54, 1.807) is 7.11 Å². The van der Waals surface area contributed by atoms with Crippen LogP contribution in [0.5, 0.6) is 0 Å². The molecule has 102 valence electrons. The average Bonchev–Trinajstić information content (AvgIpc) is 2.83. The molecular weight excluding hydrogens is 256 g/mol. The van der Waals surface area contributed by atoms with Gasteiger partial charge in [-0.15, -0.1) is 11.3 Å². The summed E-state index contributed by atoms with van der Waals surface area (Å²) in [5.41, 5.74) is 2.82. The van der Waals surface area contributed by atoms with Crippen molar-refractivity contribution in [1.29, 1.82) is 0 Å². The molecule has 0 aliphatic carbocycles. The number of nitrogens with two attached hydrogens (primary N) is 1. The first-order valence-electron chi connectivity index (χ1n) is 5.48. The quantitative estimate of drug-likeness (QED) is 0.325. The number of amides is 1. The van der Waals surface area contributed by atoms with E-state index in [1.807, 2.05) is 15.7 Å². The third kappa shape index (κ3) is 4.67. The molecule has 0 spiro atoms. The number of methoxy groups -OCH3 is 1. The Kier molecular flexibility index (Phi) is 6.76. The van der Waals surface area contributed by atoms with E-state index in [-0.39, 0.29) is 6.61 Å². The zero-order chi connectivity index (χ0) is 13.4. The second-order valence-corrected chi connectivity index (χ2v) is 4.47. The predicted octanol–water partition coefficient (Wildman–Crippen LogP) is -0.813. The Balaban J connectivity index is 2.57. The van der Waals surface area contributed by atoms with E-state index in [9.17, 15) is 4.79 Å². The van der Waals surface area contributed by atoms with E-state index in [2.05, 4.69) is 4.98 Å². The molecule has 1 aromatic heterocycles. The fourth-order valence-electron chi connectivity index (χ4n) is 1.41. The van der Waals surface area contributed by atoms with Crippen molar-refractivity contribution in [2.75, 3.05) is 33.4 Å². The van der Waals surface area contributed by atoms with Crippen LogP contribution in [0, 0.1) is 0 Å². The number of nitrogen functional groups attached to an aromatic ring is 1. The molecule has 0 saturated heterocycles. The number of nitrogens with one attached hydrogen (secondary N) is 1. The van der Waals surface area contributed by atoms with Gasteiger partial charge in [-0.3, -0.25) is 15.1 Å². The Morgan fingerprint density at radius 3 is 3.06 bits per heavy atom. The van der Waals surface area contributed by atoms with Crippen LogP contribution in [0.2, 0.25) is 0 Å². The Bertz CT molecular complexity index is 372. The molecule has 0 unspecified atom stereocenters. The SMILES string of the molecule is COCCN(CCO)Cc1csc(C(=O)NN)n1. The third-order valence-corrected chi connectivity index (χ3v) is 3.18. The van der Waals surface area contributed by atoms with Crippen molar-refractivity contribution in [2.45, 2.75) is 6.54 Å². The molecule has 0 bridgehead atoms. The van der Waals surface area contributed by atoms with Gasteiger partial charge < -0.3 is 9.84 Å². The molecule has 1 rings (SSSR count). The number of hydrogen-bond acceptors (Lipinski definition) is 7. The molecule has 0 aliphatic heterocycles. The van der Waals surface area contributed by atoms with Crippen molar-refractivity contribution >= 4 is 17.2 Å². The molecule has 0 fully saturated rings. The molecule has 18 heavy (non-hydrogen) atoms. The molecule has 0 aliphatic rings. The van der Waals surface area contributed by atoms with Crippen LogP contribution in [0.4, 0.5) is 0 Å². The van der Waals surface area contributed by atoms with Crippen LogP contribution < -0.4 is 11.3 Å². The van der Waals surface area contributed by atoms with Crippen LogP contribution in [0.1, 0.15) is 15.5 Å². The molecule has 0 saturated carbocycles. The number of carbonyl (C=O) groups is 1. The van der Waals surface area contributed by atoms with Crippen molar-refractivity contribution in [2.24, 2.45) is 5.84 Å². The van der Waals surface area contributed by atoms with Crippen LogP contribution in [0.15, 0.2) is 5.38 Å². The monoisotopic (exact) mass is 274 g/mol. The summed E-state index contributed by atoms with van der Waals surface area (Å²) in [4.78, 5) is 17.4. The molecule has 4 N–H and O–H groups in total. The lowest BCUT2D eigenvalue weighted by atomic mass is 10.4. The minimum absolute atomic E-state index is 0.0734. The topological polar surface area (TPSA) is 101 Å². The first kappa shape index (κ1) is 15.0. The van der Waals surface area contributed by atoms with Gasteiger partial charge in [0, 0.05) is 32.1 Å². The maximum absolute atomic E-state index is 11.2. The molecule has 0 atom stereocenters. The number of carbonyl (C=O) groups excluding carboxylic acids is 1. The van der Waals surface area contributed by atoms with Crippen LogP contribution in [0.3, 0.4) is 0 Å². The van der Waals surface area contributed by atoms with E-state index in [0.29, 0.717) is 31.2 Å². The number of ether oxygens (including phenoxy) is 1. The number of hydrogen-bond donors (Lipinski definition) is 3. The highest BCUT2D eigenvalue weighted by Crippen LogP contribution is 2.11. The Morgan fingerprint density at radius 1 is 1.67 bits per heavy atom. The van der Waals surface area contributed by atoms with E-state index < -0.39 is 5.91 Å². The maximum atomic E-state index is 11.2. The van der Waals surface area contributed by atoms with Crippen LogP contribution in [0.25, 0.3) is 0 Å². The van der Waals surface area contributed by atoms with Crippen molar-refractivity contribution in [3.05, 3.63) is 16.1 Å². The summed E-state index contributed by atoms with van der Waals surface area (Å²) in [5, 5.41) is 11.1. The maximum Gasteiger partial charge on any atom is 0.294 e. The van der Waals surface area contributed by atoms with Gasteiger partial charge in [0.2, 0.25) is 0 Å². The molecule has 0 radical (unpaired) electrons. The molecule has 1 amide bonds. The van der Waals surface area contributed by atoms with E-state index in [1.165, 1.54) is 11.3 Å². The number of aliphatic hydroxyl groups excluding tert-OH is 1.